The molecule has 32 heavy (non-hydrogen) atoms. The number of H-pyrrole nitrogens is 1. The minimum atomic E-state index is -0.280. The number of carbonyl (C=O) groups is 1. The normalized spacial score (nSPS) is 11.2. The minimum absolute atomic E-state index is 0.280. The van der Waals surface area contributed by atoms with Gasteiger partial charge in [0.05, 0.1) is 12.8 Å². The molecule has 5 aromatic rings. The molecule has 156 valence electrons. The molecule has 0 atom stereocenters. The Bertz CT molecular complexity index is 1380. The number of hydrogen-bond acceptors (Lipinski definition) is 5. The number of tetrazole rings is 1. The smallest absolute Gasteiger partial charge is 0.271 e. The second-order valence-electron chi connectivity index (χ2n) is 7.20. The number of nitrogens with one attached hydrogen (secondary N) is 2. The molecule has 8 heteroatoms. The number of hydrogen-bond donors (Lipinski definition) is 2. The van der Waals surface area contributed by atoms with Crippen molar-refractivity contribution < 1.29 is 4.79 Å². The number of amides is 1. The number of fused-ring (bicyclic) bond motifs is 1. The zero-order chi connectivity index (χ0) is 21.8. The van der Waals surface area contributed by atoms with Gasteiger partial charge in [0, 0.05) is 33.8 Å². The highest BCUT2D eigenvalue weighted by Gasteiger charge is 2.08. The molecule has 3 aromatic carbocycles. The molecule has 2 heterocycles. The van der Waals surface area contributed by atoms with Crippen molar-refractivity contribution in [3.8, 4) is 11.4 Å². The maximum atomic E-state index is 12.4. The summed E-state index contributed by atoms with van der Waals surface area (Å²) in [5.74, 6) is 0.299. The lowest BCUT2D eigenvalue weighted by atomic mass is 10.1. The first-order chi connectivity index (χ1) is 15.8. The van der Waals surface area contributed by atoms with Crippen LogP contribution in [0.2, 0.25) is 0 Å². The second-order valence-corrected chi connectivity index (χ2v) is 7.20. The van der Waals surface area contributed by atoms with Crippen LogP contribution in [0.5, 0.6) is 0 Å². The van der Waals surface area contributed by atoms with Crippen molar-refractivity contribution in [2.24, 2.45) is 5.10 Å². The van der Waals surface area contributed by atoms with Crippen LogP contribution in [0.1, 0.15) is 21.5 Å². The maximum Gasteiger partial charge on any atom is 0.271 e. The molecular formula is C24H19N7O. The van der Waals surface area contributed by atoms with Crippen molar-refractivity contribution in [1.29, 1.82) is 0 Å². The first kappa shape index (κ1) is 19.4. The standard InChI is InChI=1S/C24H19N7O/c32-24(28-26-15-20-14-25-22-9-5-4-8-21(20)22)19-12-10-17(11-13-19)16-31-29-23(27-30-31)18-6-2-1-3-7-18/h1-15,25H,16H2,(H,28,32)/b26-15-. The first-order valence-electron chi connectivity index (χ1n) is 10.1. The van der Waals surface area contributed by atoms with E-state index in [1.165, 1.54) is 4.80 Å². The van der Waals surface area contributed by atoms with E-state index >= 15 is 0 Å². The van der Waals surface area contributed by atoms with Gasteiger partial charge in [0.15, 0.2) is 0 Å². The zero-order valence-electron chi connectivity index (χ0n) is 17.0. The monoisotopic (exact) mass is 421 g/mol. The van der Waals surface area contributed by atoms with Crippen LogP contribution in [0.25, 0.3) is 22.3 Å². The van der Waals surface area contributed by atoms with Gasteiger partial charge in [-0.05, 0) is 29.0 Å². The number of aromatic amines is 1. The van der Waals surface area contributed by atoms with E-state index in [0.717, 1.165) is 27.6 Å². The molecule has 2 N–H and O–H groups in total. The Morgan fingerprint density at radius 3 is 2.62 bits per heavy atom. The summed E-state index contributed by atoms with van der Waals surface area (Å²) in [7, 11) is 0. The summed E-state index contributed by atoms with van der Waals surface area (Å²) in [5.41, 5.74) is 6.89. The van der Waals surface area contributed by atoms with Gasteiger partial charge < -0.3 is 4.98 Å². The fourth-order valence-corrected chi connectivity index (χ4v) is 3.36. The molecule has 0 aliphatic carbocycles. The van der Waals surface area contributed by atoms with Crippen molar-refractivity contribution in [2.45, 2.75) is 6.54 Å². The van der Waals surface area contributed by atoms with Crippen LogP contribution >= 0.6 is 0 Å². The molecule has 0 aliphatic rings. The number of nitrogens with zero attached hydrogens (tertiary/aromatic N) is 5. The van der Waals surface area contributed by atoms with Gasteiger partial charge in [0.1, 0.15) is 0 Å². The molecule has 8 nitrogen and oxygen atoms in total. The maximum absolute atomic E-state index is 12.4. The highest BCUT2D eigenvalue weighted by atomic mass is 16.2. The van der Waals surface area contributed by atoms with Crippen molar-refractivity contribution in [3.05, 3.63) is 102 Å². The molecule has 0 aliphatic heterocycles. The third-order valence-electron chi connectivity index (χ3n) is 5.02. The summed E-state index contributed by atoms with van der Waals surface area (Å²) >= 11 is 0. The minimum Gasteiger partial charge on any atom is -0.361 e. The fraction of sp³-hybridized carbons (Fsp3) is 0.0417. The van der Waals surface area contributed by atoms with Gasteiger partial charge in [0.2, 0.25) is 5.82 Å². The topological polar surface area (TPSA) is 101 Å². The molecule has 0 radical (unpaired) electrons. The largest absolute Gasteiger partial charge is 0.361 e. The molecule has 0 saturated heterocycles. The third-order valence-corrected chi connectivity index (χ3v) is 5.02. The van der Waals surface area contributed by atoms with Crippen molar-refractivity contribution in [3.63, 3.8) is 0 Å². The first-order valence-corrected chi connectivity index (χ1v) is 10.1. The van der Waals surface area contributed by atoms with E-state index in [9.17, 15) is 4.79 Å². The van der Waals surface area contributed by atoms with Crippen molar-refractivity contribution in [2.75, 3.05) is 0 Å². The van der Waals surface area contributed by atoms with Crippen LogP contribution in [0.4, 0.5) is 0 Å². The second kappa shape index (κ2) is 8.65. The lowest BCUT2D eigenvalue weighted by molar-refractivity contribution is 0.0955. The van der Waals surface area contributed by atoms with Gasteiger partial charge >= 0.3 is 0 Å². The highest BCUT2D eigenvalue weighted by Crippen LogP contribution is 2.16. The number of aromatic nitrogens is 5. The molecule has 0 spiro atoms. The SMILES string of the molecule is O=C(N/N=C\c1c[nH]c2ccccc12)c1ccc(Cn2nnc(-c3ccccc3)n2)cc1. The molecule has 0 unspecified atom stereocenters. The van der Waals surface area contributed by atoms with Crippen LogP contribution in [-0.4, -0.2) is 37.3 Å². The summed E-state index contributed by atoms with van der Waals surface area (Å²) in [6, 6.07) is 24.8. The van der Waals surface area contributed by atoms with E-state index in [1.54, 1.807) is 18.3 Å². The van der Waals surface area contributed by atoms with Gasteiger partial charge in [-0.15, -0.1) is 10.2 Å². The van der Waals surface area contributed by atoms with E-state index in [1.807, 2.05) is 72.9 Å². The molecule has 0 fully saturated rings. The van der Waals surface area contributed by atoms with E-state index in [2.05, 4.69) is 30.9 Å². The number of para-hydroxylation sites is 1. The van der Waals surface area contributed by atoms with Gasteiger partial charge in [-0.3, -0.25) is 4.79 Å². The van der Waals surface area contributed by atoms with Crippen molar-refractivity contribution >= 4 is 23.0 Å². The molecule has 0 saturated carbocycles. The molecule has 2 aromatic heterocycles. The molecule has 1 amide bonds. The third kappa shape index (κ3) is 4.15. The van der Waals surface area contributed by atoms with Crippen LogP contribution < -0.4 is 5.43 Å². The van der Waals surface area contributed by atoms with Gasteiger partial charge in [-0.25, -0.2) is 5.43 Å². The van der Waals surface area contributed by atoms with Gasteiger partial charge in [-0.2, -0.15) is 9.90 Å². The predicted octanol–water partition coefficient (Wildman–Crippen LogP) is 3.63. The summed E-state index contributed by atoms with van der Waals surface area (Å²) in [6.45, 7) is 0.459. The quantitative estimate of drug-likeness (QED) is 0.323. The van der Waals surface area contributed by atoms with E-state index in [0.29, 0.717) is 17.9 Å². The molecule has 5 rings (SSSR count). The van der Waals surface area contributed by atoms with E-state index in [-0.39, 0.29) is 5.91 Å². The highest BCUT2D eigenvalue weighted by molar-refractivity contribution is 6.00. The lowest BCUT2D eigenvalue weighted by Crippen LogP contribution is -2.17. The van der Waals surface area contributed by atoms with E-state index < -0.39 is 0 Å². The Kier molecular flexibility index (Phi) is 5.24. The zero-order valence-corrected chi connectivity index (χ0v) is 17.0. The van der Waals surface area contributed by atoms with Crippen LogP contribution in [0, 0.1) is 0 Å². The average molecular weight is 421 g/mol. The van der Waals surface area contributed by atoms with Gasteiger partial charge in [-0.1, -0.05) is 60.7 Å². The molecular weight excluding hydrogens is 402 g/mol. The number of hydrazone groups is 1. The summed E-state index contributed by atoms with van der Waals surface area (Å²) in [5, 5.41) is 17.8. The Morgan fingerprint density at radius 2 is 1.78 bits per heavy atom. The van der Waals surface area contributed by atoms with Crippen molar-refractivity contribution in [1.82, 2.24) is 30.6 Å². The van der Waals surface area contributed by atoms with Crippen LogP contribution in [-0.2, 0) is 6.54 Å². The fourth-order valence-electron chi connectivity index (χ4n) is 3.36. The Balaban J connectivity index is 1.21. The number of rotatable bonds is 6. The number of benzene rings is 3. The average Bonchev–Trinajstić information content (AvgIpc) is 3.47. The Morgan fingerprint density at radius 1 is 1.00 bits per heavy atom. The van der Waals surface area contributed by atoms with Crippen LogP contribution in [0.15, 0.2) is 90.2 Å². The van der Waals surface area contributed by atoms with Gasteiger partial charge in [0.25, 0.3) is 5.91 Å². The number of carbonyl (C=O) groups excluding carboxylic acids is 1. The Hall–Kier alpha value is -4.59. The molecule has 0 bridgehead atoms. The summed E-state index contributed by atoms with van der Waals surface area (Å²) < 4.78 is 0. The lowest BCUT2D eigenvalue weighted by Gasteiger charge is -2.03. The predicted molar refractivity (Wildman–Crippen MR) is 122 cm³/mol. The Labute approximate surface area is 183 Å². The van der Waals surface area contributed by atoms with E-state index in [4.69, 9.17) is 0 Å². The van der Waals surface area contributed by atoms with Crippen LogP contribution in [0.3, 0.4) is 0 Å². The summed E-state index contributed by atoms with van der Waals surface area (Å²) in [6.07, 6.45) is 3.49. The summed E-state index contributed by atoms with van der Waals surface area (Å²) in [4.78, 5) is 17.1.